The Morgan fingerprint density at radius 3 is 3.00 bits per heavy atom. The summed E-state index contributed by atoms with van der Waals surface area (Å²) in [6.07, 6.45) is 3.39. The van der Waals surface area contributed by atoms with Gasteiger partial charge in [0.15, 0.2) is 0 Å². The summed E-state index contributed by atoms with van der Waals surface area (Å²) >= 11 is 0. The van der Waals surface area contributed by atoms with Gasteiger partial charge in [-0.25, -0.2) is 0 Å². The predicted octanol–water partition coefficient (Wildman–Crippen LogP) is 1.89. The highest BCUT2D eigenvalue weighted by Crippen LogP contribution is 2.04. The zero-order chi connectivity index (χ0) is 12.5. The van der Waals surface area contributed by atoms with Crippen LogP contribution in [0.3, 0.4) is 0 Å². The first kappa shape index (κ1) is 14.2. The van der Waals surface area contributed by atoms with Crippen molar-refractivity contribution in [1.29, 1.82) is 0 Å². The highest BCUT2D eigenvalue weighted by atomic mass is 16.5. The molecule has 0 saturated heterocycles. The fourth-order valence-corrected chi connectivity index (χ4v) is 1.61. The van der Waals surface area contributed by atoms with Crippen LogP contribution >= 0.6 is 0 Å². The maximum Gasteiger partial charge on any atom is 0.117 e. The first-order chi connectivity index (χ1) is 8.22. The predicted molar refractivity (Wildman–Crippen MR) is 66.8 cm³/mol. The molecule has 1 N–H and O–H groups in total. The number of nitrogens with zero attached hydrogens (tertiary/aromatic N) is 1. The molecule has 1 rings (SSSR count). The number of rotatable bonds is 9. The SMILES string of the molecule is CCCCOCC(O)CN(C)Cc1ccco1. The van der Waals surface area contributed by atoms with Crippen LogP contribution in [0.25, 0.3) is 0 Å². The average molecular weight is 241 g/mol. The molecule has 1 unspecified atom stereocenters. The van der Waals surface area contributed by atoms with Crippen LogP contribution in [0.4, 0.5) is 0 Å². The summed E-state index contributed by atoms with van der Waals surface area (Å²) in [5.74, 6) is 0.909. The first-order valence-corrected chi connectivity index (χ1v) is 6.19. The standard InChI is InChI=1S/C13H23NO3/c1-3-4-7-16-11-12(15)9-14(2)10-13-6-5-8-17-13/h5-6,8,12,15H,3-4,7,9-11H2,1-2H3. The van der Waals surface area contributed by atoms with Gasteiger partial charge in [0.2, 0.25) is 0 Å². The Labute approximate surface area is 103 Å². The minimum Gasteiger partial charge on any atom is -0.468 e. The molecule has 0 bridgehead atoms. The summed E-state index contributed by atoms with van der Waals surface area (Å²) in [6.45, 7) is 4.56. The molecule has 0 amide bonds. The van der Waals surface area contributed by atoms with E-state index < -0.39 is 6.10 Å². The van der Waals surface area contributed by atoms with Gasteiger partial charge in [0.25, 0.3) is 0 Å². The van der Waals surface area contributed by atoms with Crippen molar-refractivity contribution in [3.05, 3.63) is 24.2 Å². The second-order valence-corrected chi connectivity index (χ2v) is 4.36. The van der Waals surface area contributed by atoms with Crippen LogP contribution in [-0.4, -0.2) is 42.9 Å². The Balaban J connectivity index is 2.10. The van der Waals surface area contributed by atoms with Gasteiger partial charge in [-0.3, -0.25) is 4.90 Å². The van der Waals surface area contributed by atoms with Crippen molar-refractivity contribution in [2.75, 3.05) is 26.8 Å². The number of furan rings is 1. The van der Waals surface area contributed by atoms with Crippen LogP contribution in [0, 0.1) is 0 Å². The fraction of sp³-hybridized carbons (Fsp3) is 0.692. The Morgan fingerprint density at radius 1 is 1.53 bits per heavy atom. The monoisotopic (exact) mass is 241 g/mol. The van der Waals surface area contributed by atoms with Gasteiger partial charge in [0, 0.05) is 13.2 Å². The summed E-state index contributed by atoms with van der Waals surface area (Å²) in [7, 11) is 1.96. The second-order valence-electron chi connectivity index (χ2n) is 4.36. The molecule has 0 saturated carbocycles. The molecule has 98 valence electrons. The van der Waals surface area contributed by atoms with Crippen LogP contribution in [0.5, 0.6) is 0 Å². The average Bonchev–Trinajstić information content (AvgIpc) is 2.77. The molecule has 17 heavy (non-hydrogen) atoms. The van der Waals surface area contributed by atoms with Gasteiger partial charge in [-0.1, -0.05) is 13.3 Å². The Kier molecular flexibility index (Phi) is 6.93. The molecule has 0 aliphatic rings. The fourth-order valence-electron chi connectivity index (χ4n) is 1.61. The zero-order valence-corrected chi connectivity index (χ0v) is 10.8. The smallest absolute Gasteiger partial charge is 0.117 e. The Bertz CT molecular complexity index is 274. The van der Waals surface area contributed by atoms with Crippen molar-refractivity contribution < 1.29 is 14.3 Å². The van der Waals surface area contributed by atoms with E-state index in [1.807, 2.05) is 24.1 Å². The lowest BCUT2D eigenvalue weighted by atomic mass is 10.3. The van der Waals surface area contributed by atoms with Gasteiger partial charge in [0.1, 0.15) is 5.76 Å². The summed E-state index contributed by atoms with van der Waals surface area (Å²) in [6, 6.07) is 3.80. The first-order valence-electron chi connectivity index (χ1n) is 6.19. The number of aliphatic hydroxyl groups is 1. The molecule has 0 radical (unpaired) electrons. The van der Waals surface area contributed by atoms with Gasteiger partial charge >= 0.3 is 0 Å². The van der Waals surface area contributed by atoms with E-state index in [-0.39, 0.29) is 0 Å². The highest BCUT2D eigenvalue weighted by Gasteiger charge is 2.09. The van der Waals surface area contributed by atoms with E-state index in [0.717, 1.165) is 25.2 Å². The minimum atomic E-state index is -0.438. The highest BCUT2D eigenvalue weighted by molar-refractivity contribution is 4.97. The van der Waals surface area contributed by atoms with E-state index in [1.54, 1.807) is 6.26 Å². The van der Waals surface area contributed by atoms with Gasteiger partial charge in [-0.15, -0.1) is 0 Å². The summed E-state index contributed by atoms with van der Waals surface area (Å²) in [5.41, 5.74) is 0. The molecular weight excluding hydrogens is 218 g/mol. The van der Waals surface area contributed by atoms with Crippen molar-refractivity contribution in [2.24, 2.45) is 0 Å². The summed E-state index contributed by atoms with van der Waals surface area (Å²) < 4.78 is 10.6. The molecule has 1 aromatic heterocycles. The van der Waals surface area contributed by atoms with Crippen molar-refractivity contribution in [3.8, 4) is 0 Å². The van der Waals surface area contributed by atoms with E-state index in [4.69, 9.17) is 9.15 Å². The largest absolute Gasteiger partial charge is 0.468 e. The van der Waals surface area contributed by atoms with Crippen LogP contribution in [-0.2, 0) is 11.3 Å². The third kappa shape index (κ3) is 6.46. The van der Waals surface area contributed by atoms with E-state index in [2.05, 4.69) is 6.92 Å². The number of aliphatic hydroxyl groups excluding tert-OH is 1. The van der Waals surface area contributed by atoms with E-state index in [9.17, 15) is 5.11 Å². The zero-order valence-electron chi connectivity index (χ0n) is 10.8. The van der Waals surface area contributed by atoms with E-state index in [0.29, 0.717) is 19.7 Å². The summed E-state index contributed by atoms with van der Waals surface area (Å²) in [5, 5.41) is 9.75. The minimum absolute atomic E-state index is 0.405. The third-order valence-electron chi connectivity index (χ3n) is 2.48. The Hall–Kier alpha value is -0.840. The van der Waals surface area contributed by atoms with Crippen LogP contribution in [0.2, 0.25) is 0 Å². The van der Waals surface area contributed by atoms with Gasteiger partial charge in [-0.2, -0.15) is 0 Å². The van der Waals surface area contributed by atoms with Crippen LogP contribution in [0.15, 0.2) is 22.8 Å². The molecule has 1 atom stereocenters. The number of hydrogen-bond acceptors (Lipinski definition) is 4. The lowest BCUT2D eigenvalue weighted by Gasteiger charge is -2.19. The molecule has 0 aliphatic carbocycles. The molecule has 1 aromatic rings. The molecule has 0 spiro atoms. The maximum atomic E-state index is 9.75. The molecule has 4 heteroatoms. The molecular formula is C13H23NO3. The normalized spacial score (nSPS) is 13.2. The van der Waals surface area contributed by atoms with Gasteiger partial charge in [0.05, 0.1) is 25.5 Å². The second kappa shape index (κ2) is 8.28. The maximum absolute atomic E-state index is 9.75. The van der Waals surface area contributed by atoms with Gasteiger partial charge in [-0.05, 0) is 25.6 Å². The third-order valence-corrected chi connectivity index (χ3v) is 2.48. The topological polar surface area (TPSA) is 45.8 Å². The lowest BCUT2D eigenvalue weighted by Crippen LogP contribution is -2.31. The van der Waals surface area contributed by atoms with Gasteiger partial charge < -0.3 is 14.3 Å². The van der Waals surface area contributed by atoms with Crippen molar-refractivity contribution >= 4 is 0 Å². The number of unbranched alkanes of at least 4 members (excludes halogenated alkanes) is 1. The van der Waals surface area contributed by atoms with Crippen molar-refractivity contribution in [2.45, 2.75) is 32.4 Å². The van der Waals surface area contributed by atoms with Crippen LogP contribution < -0.4 is 0 Å². The number of likely N-dealkylation sites (N-methyl/N-ethyl adjacent to an activating group) is 1. The molecule has 0 aliphatic heterocycles. The quantitative estimate of drug-likeness (QED) is 0.671. The Morgan fingerprint density at radius 2 is 2.35 bits per heavy atom. The number of hydrogen-bond donors (Lipinski definition) is 1. The summed E-state index contributed by atoms with van der Waals surface area (Å²) in [4.78, 5) is 2.02. The molecule has 0 fully saturated rings. The lowest BCUT2D eigenvalue weighted by molar-refractivity contribution is 0.0180. The van der Waals surface area contributed by atoms with E-state index in [1.165, 1.54) is 0 Å². The van der Waals surface area contributed by atoms with Crippen molar-refractivity contribution in [1.82, 2.24) is 4.90 Å². The molecule has 1 heterocycles. The van der Waals surface area contributed by atoms with Crippen molar-refractivity contribution in [3.63, 3.8) is 0 Å². The number of ether oxygens (including phenoxy) is 1. The van der Waals surface area contributed by atoms with Crippen LogP contribution in [0.1, 0.15) is 25.5 Å². The molecule has 4 nitrogen and oxygen atoms in total. The molecule has 0 aromatic carbocycles. The van der Waals surface area contributed by atoms with E-state index >= 15 is 0 Å².